The molecule has 1 aromatic carbocycles. The number of aryl methyl sites for hydroxylation is 1. The van der Waals surface area contributed by atoms with E-state index < -0.39 is 9.84 Å². The fraction of sp³-hybridized carbons (Fsp3) is 0.538. The molecule has 3 nitrogen and oxygen atoms in total. The van der Waals surface area contributed by atoms with Crippen molar-refractivity contribution in [1.82, 2.24) is 0 Å². The summed E-state index contributed by atoms with van der Waals surface area (Å²) >= 11 is 0. The predicted octanol–water partition coefficient (Wildman–Crippen LogP) is 1.78. The van der Waals surface area contributed by atoms with Crippen LogP contribution < -0.4 is 5.73 Å². The Balaban J connectivity index is 2.45. The van der Waals surface area contributed by atoms with Crippen molar-refractivity contribution in [3.8, 4) is 0 Å². The molecule has 0 unspecified atom stereocenters. The molecule has 4 heteroatoms. The lowest BCUT2D eigenvalue weighted by atomic mass is 9.63. The zero-order valence-corrected chi connectivity index (χ0v) is 11.2. The van der Waals surface area contributed by atoms with Crippen molar-refractivity contribution < 1.29 is 8.42 Å². The Hall–Kier alpha value is -0.870. The maximum atomic E-state index is 11.5. The first-order chi connectivity index (χ1) is 7.89. The molecule has 1 aliphatic rings. The number of hydrogen-bond donors (Lipinski definition) is 1. The largest absolute Gasteiger partial charge is 0.330 e. The van der Waals surface area contributed by atoms with E-state index >= 15 is 0 Å². The van der Waals surface area contributed by atoms with Crippen LogP contribution in [-0.2, 0) is 15.3 Å². The van der Waals surface area contributed by atoms with Gasteiger partial charge in [0.05, 0.1) is 4.90 Å². The molecule has 0 aliphatic heterocycles. The molecule has 0 atom stereocenters. The highest BCUT2D eigenvalue weighted by atomic mass is 32.2. The van der Waals surface area contributed by atoms with Gasteiger partial charge in [-0.05, 0) is 43.0 Å². The normalized spacial score (nSPS) is 18.8. The van der Waals surface area contributed by atoms with Gasteiger partial charge in [0.15, 0.2) is 9.84 Å². The molecule has 0 aromatic heterocycles. The number of benzene rings is 1. The Labute approximate surface area is 103 Å². The molecule has 0 spiro atoms. The van der Waals surface area contributed by atoms with Crippen LogP contribution >= 0.6 is 0 Å². The van der Waals surface area contributed by atoms with Crippen LogP contribution in [0.3, 0.4) is 0 Å². The minimum atomic E-state index is -3.11. The average Bonchev–Trinajstić information content (AvgIpc) is 2.17. The van der Waals surface area contributed by atoms with E-state index in [4.69, 9.17) is 5.73 Å². The van der Waals surface area contributed by atoms with Gasteiger partial charge in [0.1, 0.15) is 0 Å². The molecule has 0 radical (unpaired) electrons. The third kappa shape index (κ3) is 2.11. The number of sulfone groups is 1. The van der Waals surface area contributed by atoms with Crippen LogP contribution in [0.2, 0.25) is 0 Å². The number of hydrogen-bond acceptors (Lipinski definition) is 3. The summed E-state index contributed by atoms with van der Waals surface area (Å²) in [7, 11) is -3.11. The highest BCUT2D eigenvalue weighted by Gasteiger charge is 2.38. The summed E-state index contributed by atoms with van der Waals surface area (Å²) in [6, 6.07) is 5.41. The maximum Gasteiger partial charge on any atom is 0.175 e. The van der Waals surface area contributed by atoms with Crippen LogP contribution in [-0.4, -0.2) is 21.2 Å². The predicted molar refractivity (Wildman–Crippen MR) is 68.9 cm³/mol. The molecule has 0 saturated heterocycles. The summed E-state index contributed by atoms with van der Waals surface area (Å²) in [4.78, 5) is 0.394. The Morgan fingerprint density at radius 1 is 1.35 bits per heavy atom. The highest BCUT2D eigenvalue weighted by Crippen LogP contribution is 2.44. The molecule has 1 aliphatic carbocycles. The highest BCUT2D eigenvalue weighted by molar-refractivity contribution is 7.90. The fourth-order valence-electron chi connectivity index (χ4n) is 2.65. The smallest absolute Gasteiger partial charge is 0.175 e. The first-order valence-electron chi connectivity index (χ1n) is 5.90. The van der Waals surface area contributed by atoms with Gasteiger partial charge in [-0.15, -0.1) is 0 Å². The molecule has 1 fully saturated rings. The molecule has 2 rings (SSSR count). The van der Waals surface area contributed by atoms with E-state index in [0.717, 1.165) is 18.4 Å². The average molecular weight is 253 g/mol. The van der Waals surface area contributed by atoms with Crippen molar-refractivity contribution >= 4 is 9.84 Å². The van der Waals surface area contributed by atoms with Crippen LogP contribution in [0.4, 0.5) is 0 Å². The molecule has 0 bridgehead atoms. The van der Waals surface area contributed by atoms with E-state index in [1.165, 1.54) is 18.2 Å². The third-order valence-corrected chi connectivity index (χ3v) is 5.01. The zero-order chi connectivity index (χ0) is 12.7. The molecule has 1 saturated carbocycles. The topological polar surface area (TPSA) is 60.2 Å². The monoisotopic (exact) mass is 253 g/mol. The SMILES string of the molecule is Cc1cc(S(C)(=O)=O)ccc1C1(CN)CCC1. The van der Waals surface area contributed by atoms with Crippen molar-refractivity contribution in [3.05, 3.63) is 29.3 Å². The Morgan fingerprint density at radius 3 is 2.35 bits per heavy atom. The second-order valence-electron chi connectivity index (χ2n) is 5.09. The summed E-state index contributed by atoms with van der Waals surface area (Å²) < 4.78 is 22.9. The van der Waals surface area contributed by atoms with Crippen molar-refractivity contribution in [2.75, 3.05) is 12.8 Å². The van der Waals surface area contributed by atoms with E-state index in [-0.39, 0.29) is 5.41 Å². The zero-order valence-electron chi connectivity index (χ0n) is 10.4. The van der Waals surface area contributed by atoms with Gasteiger partial charge in [0.2, 0.25) is 0 Å². The lowest BCUT2D eigenvalue weighted by Gasteiger charge is -2.42. The van der Waals surface area contributed by atoms with Crippen molar-refractivity contribution in [1.29, 1.82) is 0 Å². The molecule has 2 N–H and O–H groups in total. The quantitative estimate of drug-likeness (QED) is 0.893. The lowest BCUT2D eigenvalue weighted by Crippen LogP contribution is -2.42. The van der Waals surface area contributed by atoms with Crippen molar-refractivity contribution in [2.45, 2.75) is 36.5 Å². The lowest BCUT2D eigenvalue weighted by molar-refractivity contribution is 0.252. The summed E-state index contributed by atoms with van der Waals surface area (Å²) in [6.45, 7) is 2.62. The summed E-state index contributed by atoms with van der Waals surface area (Å²) in [5, 5.41) is 0. The first-order valence-corrected chi connectivity index (χ1v) is 7.79. The van der Waals surface area contributed by atoms with E-state index in [9.17, 15) is 8.42 Å². The molecular weight excluding hydrogens is 234 g/mol. The van der Waals surface area contributed by atoms with Gasteiger partial charge in [-0.3, -0.25) is 0 Å². The molecular formula is C13H19NO2S. The van der Waals surface area contributed by atoms with E-state index in [0.29, 0.717) is 11.4 Å². The van der Waals surface area contributed by atoms with E-state index in [2.05, 4.69) is 0 Å². The number of rotatable bonds is 3. The molecule has 94 valence electrons. The molecule has 0 amide bonds. The van der Waals surface area contributed by atoms with Gasteiger partial charge in [-0.2, -0.15) is 0 Å². The standard InChI is InChI=1S/C13H19NO2S/c1-10-8-11(17(2,15)16)4-5-12(10)13(9-14)6-3-7-13/h4-5,8H,3,6-7,9,14H2,1-2H3. The van der Waals surface area contributed by atoms with Crippen LogP contribution in [0.25, 0.3) is 0 Å². The van der Waals surface area contributed by atoms with Gasteiger partial charge in [0.25, 0.3) is 0 Å². The summed E-state index contributed by atoms with van der Waals surface area (Å²) in [5.41, 5.74) is 8.23. The first kappa shape index (κ1) is 12.6. The minimum Gasteiger partial charge on any atom is -0.330 e. The Kier molecular flexibility index (Phi) is 3.04. The van der Waals surface area contributed by atoms with Crippen molar-refractivity contribution in [2.24, 2.45) is 5.73 Å². The van der Waals surface area contributed by atoms with Crippen LogP contribution in [0.15, 0.2) is 23.1 Å². The maximum absolute atomic E-state index is 11.5. The van der Waals surface area contributed by atoms with Gasteiger partial charge in [-0.25, -0.2) is 8.42 Å². The summed E-state index contributed by atoms with van der Waals surface area (Å²) in [5.74, 6) is 0. The van der Waals surface area contributed by atoms with Gasteiger partial charge < -0.3 is 5.73 Å². The molecule has 1 aromatic rings. The van der Waals surface area contributed by atoms with Crippen LogP contribution in [0.5, 0.6) is 0 Å². The van der Waals surface area contributed by atoms with E-state index in [1.54, 1.807) is 12.1 Å². The molecule has 0 heterocycles. The second kappa shape index (κ2) is 4.10. The second-order valence-corrected chi connectivity index (χ2v) is 7.10. The summed E-state index contributed by atoms with van der Waals surface area (Å²) in [6.07, 6.45) is 4.68. The third-order valence-electron chi connectivity index (χ3n) is 3.90. The number of nitrogens with two attached hydrogens (primary N) is 1. The van der Waals surface area contributed by atoms with Crippen LogP contribution in [0, 0.1) is 6.92 Å². The Bertz CT molecular complexity index is 525. The van der Waals surface area contributed by atoms with Crippen molar-refractivity contribution in [3.63, 3.8) is 0 Å². The fourth-order valence-corrected chi connectivity index (χ4v) is 3.35. The minimum absolute atomic E-state index is 0.0973. The van der Waals surface area contributed by atoms with Gasteiger partial charge >= 0.3 is 0 Å². The molecule has 17 heavy (non-hydrogen) atoms. The van der Waals surface area contributed by atoms with Gasteiger partial charge in [-0.1, -0.05) is 12.5 Å². The van der Waals surface area contributed by atoms with E-state index in [1.807, 2.05) is 13.0 Å². The van der Waals surface area contributed by atoms with Crippen LogP contribution in [0.1, 0.15) is 30.4 Å². The van der Waals surface area contributed by atoms with Gasteiger partial charge in [0, 0.05) is 18.2 Å². The Morgan fingerprint density at radius 2 is 2.00 bits per heavy atom.